The van der Waals surface area contributed by atoms with Gasteiger partial charge in [0.1, 0.15) is 10.3 Å². The summed E-state index contributed by atoms with van der Waals surface area (Å²) in [6.07, 6.45) is 0. The summed E-state index contributed by atoms with van der Waals surface area (Å²) in [6.45, 7) is 3.31. The van der Waals surface area contributed by atoms with E-state index in [2.05, 4.69) is 31.5 Å². The lowest BCUT2D eigenvalue weighted by molar-refractivity contribution is -0.114. The molecule has 6 heteroatoms. The Labute approximate surface area is 130 Å². The number of carbonyl (C=O) groups is 2. The van der Waals surface area contributed by atoms with Gasteiger partial charge in [0.2, 0.25) is 5.91 Å². The Hall–Kier alpha value is -2.21. The number of hydrogen-bond acceptors (Lipinski definition) is 3. The van der Waals surface area contributed by atoms with Crippen LogP contribution in [0.25, 0.3) is 0 Å². The van der Waals surface area contributed by atoms with Gasteiger partial charge in [0.05, 0.1) is 0 Å². The second kappa shape index (κ2) is 6.49. The number of anilines is 2. The number of nitrogens with one attached hydrogen (secondary N) is 2. The van der Waals surface area contributed by atoms with Crippen LogP contribution < -0.4 is 10.6 Å². The van der Waals surface area contributed by atoms with Crippen molar-refractivity contribution in [3.63, 3.8) is 0 Å². The van der Waals surface area contributed by atoms with Crippen molar-refractivity contribution in [1.29, 1.82) is 0 Å². The van der Waals surface area contributed by atoms with Gasteiger partial charge in [-0.1, -0.05) is 12.1 Å². The molecule has 0 aliphatic carbocycles. The van der Waals surface area contributed by atoms with Gasteiger partial charge in [0, 0.05) is 18.3 Å². The number of aromatic nitrogens is 1. The minimum atomic E-state index is -0.306. The van der Waals surface area contributed by atoms with Crippen molar-refractivity contribution in [1.82, 2.24) is 4.98 Å². The van der Waals surface area contributed by atoms with Gasteiger partial charge in [-0.3, -0.25) is 9.59 Å². The van der Waals surface area contributed by atoms with Gasteiger partial charge in [-0.2, -0.15) is 0 Å². The Bertz CT molecular complexity index is 701. The van der Waals surface area contributed by atoms with Crippen molar-refractivity contribution in [2.24, 2.45) is 0 Å². The Kier molecular flexibility index (Phi) is 4.70. The van der Waals surface area contributed by atoms with Crippen LogP contribution >= 0.6 is 15.9 Å². The van der Waals surface area contributed by atoms with Crippen molar-refractivity contribution < 1.29 is 9.59 Å². The molecule has 0 saturated carbocycles. The molecule has 0 aliphatic heterocycles. The van der Waals surface area contributed by atoms with Crippen LogP contribution in [0.15, 0.2) is 41.0 Å². The number of amides is 2. The smallest absolute Gasteiger partial charge is 0.274 e. The molecule has 2 amide bonds. The van der Waals surface area contributed by atoms with Crippen LogP contribution in [0.3, 0.4) is 0 Å². The molecular formula is C15H14BrN3O2. The van der Waals surface area contributed by atoms with Crippen LogP contribution in [0.1, 0.15) is 23.0 Å². The average molecular weight is 348 g/mol. The maximum Gasteiger partial charge on any atom is 0.274 e. The Balaban J connectivity index is 2.22. The van der Waals surface area contributed by atoms with E-state index in [4.69, 9.17) is 0 Å². The van der Waals surface area contributed by atoms with Crippen molar-refractivity contribution in [3.8, 4) is 0 Å². The maximum absolute atomic E-state index is 12.2. The van der Waals surface area contributed by atoms with E-state index >= 15 is 0 Å². The van der Waals surface area contributed by atoms with Crippen molar-refractivity contribution in [2.45, 2.75) is 13.8 Å². The first kappa shape index (κ1) is 15.2. The summed E-state index contributed by atoms with van der Waals surface area (Å²) < 4.78 is 0.596. The van der Waals surface area contributed by atoms with Gasteiger partial charge < -0.3 is 10.6 Å². The van der Waals surface area contributed by atoms with Gasteiger partial charge in [-0.25, -0.2) is 4.98 Å². The third-order valence-electron chi connectivity index (χ3n) is 2.75. The van der Waals surface area contributed by atoms with E-state index in [9.17, 15) is 9.59 Å². The van der Waals surface area contributed by atoms with Gasteiger partial charge in [-0.05, 0) is 52.7 Å². The molecule has 0 bridgehead atoms. The normalized spacial score (nSPS) is 10.0. The van der Waals surface area contributed by atoms with E-state index in [1.54, 1.807) is 30.3 Å². The second-order valence-electron chi connectivity index (χ2n) is 4.51. The van der Waals surface area contributed by atoms with Crippen LogP contribution in [0.4, 0.5) is 11.4 Å². The molecule has 0 unspecified atom stereocenters. The number of halogens is 1. The number of rotatable bonds is 3. The summed E-state index contributed by atoms with van der Waals surface area (Å²) in [5, 5.41) is 5.47. The fourth-order valence-electron chi connectivity index (χ4n) is 1.76. The second-order valence-corrected chi connectivity index (χ2v) is 5.32. The third-order valence-corrected chi connectivity index (χ3v) is 3.20. The summed E-state index contributed by atoms with van der Waals surface area (Å²) in [5.74, 6) is -0.468. The van der Waals surface area contributed by atoms with Crippen LogP contribution in [-0.2, 0) is 4.79 Å². The highest BCUT2D eigenvalue weighted by molar-refractivity contribution is 9.10. The molecule has 0 fully saturated rings. The Morgan fingerprint density at radius 2 is 1.90 bits per heavy atom. The zero-order valence-corrected chi connectivity index (χ0v) is 13.2. The molecule has 108 valence electrons. The summed E-state index contributed by atoms with van der Waals surface area (Å²) >= 11 is 3.23. The van der Waals surface area contributed by atoms with Crippen molar-refractivity contribution in [3.05, 3.63) is 52.3 Å². The lowest BCUT2D eigenvalue weighted by atomic mass is 10.1. The van der Waals surface area contributed by atoms with Crippen LogP contribution in [-0.4, -0.2) is 16.8 Å². The number of aryl methyl sites for hydroxylation is 1. The van der Waals surface area contributed by atoms with Gasteiger partial charge in [-0.15, -0.1) is 0 Å². The molecule has 0 saturated heterocycles. The molecular weight excluding hydrogens is 334 g/mol. The van der Waals surface area contributed by atoms with E-state index in [1.165, 1.54) is 6.92 Å². The highest BCUT2D eigenvalue weighted by atomic mass is 79.9. The molecule has 2 rings (SSSR count). The molecule has 0 aliphatic rings. The zero-order valence-electron chi connectivity index (χ0n) is 11.6. The Morgan fingerprint density at radius 1 is 1.14 bits per heavy atom. The summed E-state index contributed by atoms with van der Waals surface area (Å²) in [6, 6.07) is 10.4. The predicted octanol–water partition coefficient (Wildman–Crippen LogP) is 3.36. The van der Waals surface area contributed by atoms with E-state index in [-0.39, 0.29) is 11.8 Å². The molecule has 0 radical (unpaired) electrons. The predicted molar refractivity (Wildman–Crippen MR) is 85.4 cm³/mol. The van der Waals surface area contributed by atoms with Gasteiger partial charge >= 0.3 is 0 Å². The molecule has 1 aromatic carbocycles. The maximum atomic E-state index is 12.2. The first-order chi connectivity index (χ1) is 9.95. The third kappa shape index (κ3) is 4.13. The minimum absolute atomic E-state index is 0.162. The summed E-state index contributed by atoms with van der Waals surface area (Å²) in [7, 11) is 0. The van der Waals surface area contributed by atoms with E-state index < -0.39 is 0 Å². The number of hydrogen-bond donors (Lipinski definition) is 2. The fourth-order valence-corrected chi connectivity index (χ4v) is 2.10. The lowest BCUT2D eigenvalue weighted by Gasteiger charge is -2.10. The number of benzene rings is 1. The highest BCUT2D eigenvalue weighted by Gasteiger charge is 2.10. The zero-order chi connectivity index (χ0) is 15.4. The van der Waals surface area contributed by atoms with Crippen molar-refractivity contribution in [2.75, 3.05) is 10.6 Å². The number of pyridine rings is 1. The van der Waals surface area contributed by atoms with E-state index in [0.717, 1.165) is 5.56 Å². The van der Waals surface area contributed by atoms with E-state index in [0.29, 0.717) is 21.7 Å². The van der Waals surface area contributed by atoms with E-state index in [1.807, 2.05) is 13.0 Å². The topological polar surface area (TPSA) is 71.1 Å². The SMILES string of the molecule is CC(=O)Nc1ccc(C)c(NC(=O)c2cccc(Br)n2)c1. The number of carbonyl (C=O) groups excluding carboxylic acids is 2. The minimum Gasteiger partial charge on any atom is -0.326 e. The molecule has 0 atom stereocenters. The summed E-state index contributed by atoms with van der Waals surface area (Å²) in [5.41, 5.74) is 2.47. The summed E-state index contributed by atoms with van der Waals surface area (Å²) in [4.78, 5) is 27.4. The quantitative estimate of drug-likeness (QED) is 0.836. The standard InChI is InChI=1S/C15H14BrN3O2/c1-9-6-7-11(17-10(2)20)8-13(9)19-15(21)12-4-3-5-14(16)18-12/h3-8H,1-2H3,(H,17,20)(H,19,21). The number of nitrogens with zero attached hydrogens (tertiary/aromatic N) is 1. The Morgan fingerprint density at radius 3 is 2.57 bits per heavy atom. The van der Waals surface area contributed by atoms with Gasteiger partial charge in [0.25, 0.3) is 5.91 Å². The highest BCUT2D eigenvalue weighted by Crippen LogP contribution is 2.21. The molecule has 2 N–H and O–H groups in total. The van der Waals surface area contributed by atoms with Crippen molar-refractivity contribution >= 4 is 39.1 Å². The molecule has 5 nitrogen and oxygen atoms in total. The molecule has 0 spiro atoms. The molecule has 21 heavy (non-hydrogen) atoms. The van der Waals surface area contributed by atoms with Crippen LogP contribution in [0.5, 0.6) is 0 Å². The van der Waals surface area contributed by atoms with Gasteiger partial charge in [0.15, 0.2) is 0 Å². The average Bonchev–Trinajstić information content (AvgIpc) is 2.42. The lowest BCUT2D eigenvalue weighted by Crippen LogP contribution is -2.15. The molecule has 2 aromatic rings. The van der Waals surface area contributed by atoms with Crippen LogP contribution in [0.2, 0.25) is 0 Å². The monoisotopic (exact) mass is 347 g/mol. The largest absolute Gasteiger partial charge is 0.326 e. The first-order valence-corrected chi connectivity index (χ1v) is 7.07. The molecule has 1 aromatic heterocycles. The molecule has 1 heterocycles. The fraction of sp³-hybridized carbons (Fsp3) is 0.133. The van der Waals surface area contributed by atoms with Crippen LogP contribution in [0, 0.1) is 6.92 Å². The first-order valence-electron chi connectivity index (χ1n) is 6.28.